The van der Waals surface area contributed by atoms with Gasteiger partial charge in [-0.15, -0.1) is 0 Å². The molecule has 0 aliphatic carbocycles. The largest absolute Gasteiger partial charge is 0.494 e. The molecule has 0 aliphatic rings. The quantitative estimate of drug-likeness (QED) is 0.354. The van der Waals surface area contributed by atoms with Crippen molar-refractivity contribution < 1.29 is 23.4 Å². The first-order valence-electron chi connectivity index (χ1n) is 10.2. The molecule has 33 heavy (non-hydrogen) atoms. The molecule has 0 radical (unpaired) electrons. The number of nitrogens with one attached hydrogen (secondary N) is 1. The van der Waals surface area contributed by atoms with Crippen molar-refractivity contribution in [2.24, 2.45) is 0 Å². The molecule has 0 spiro atoms. The first kappa shape index (κ1) is 23.4. The molecule has 3 aromatic rings. The first-order valence-corrected chi connectivity index (χ1v) is 10.2. The second-order valence-corrected chi connectivity index (χ2v) is 6.91. The van der Waals surface area contributed by atoms with Gasteiger partial charge in [-0.3, -0.25) is 4.79 Å². The summed E-state index contributed by atoms with van der Waals surface area (Å²) in [5, 5.41) is 12.2. The number of nitriles is 1. The highest BCUT2D eigenvalue weighted by molar-refractivity contribution is 6.09. The number of methoxy groups -OCH3 is 1. The van der Waals surface area contributed by atoms with Crippen LogP contribution >= 0.6 is 0 Å². The van der Waals surface area contributed by atoms with Gasteiger partial charge in [0.2, 0.25) is 0 Å². The summed E-state index contributed by atoms with van der Waals surface area (Å²) in [6, 6.07) is 19.9. The van der Waals surface area contributed by atoms with Gasteiger partial charge in [0.05, 0.1) is 13.7 Å². The molecular weight excluding hydrogens is 423 g/mol. The average Bonchev–Trinajstić information content (AvgIpc) is 2.83. The Bertz CT molecular complexity index is 1170. The zero-order valence-electron chi connectivity index (χ0n) is 18.3. The maximum atomic E-state index is 13.0. The molecule has 0 fully saturated rings. The molecule has 0 heterocycles. The van der Waals surface area contributed by atoms with Gasteiger partial charge in [-0.2, -0.15) is 5.26 Å². The molecule has 0 aromatic heterocycles. The zero-order valence-corrected chi connectivity index (χ0v) is 18.3. The van der Waals surface area contributed by atoms with Gasteiger partial charge in [0.25, 0.3) is 5.91 Å². The number of carbonyl (C=O) groups is 1. The fourth-order valence-electron chi connectivity index (χ4n) is 2.95. The summed E-state index contributed by atoms with van der Waals surface area (Å²) in [6.07, 6.45) is 1.47. The summed E-state index contributed by atoms with van der Waals surface area (Å²) in [5.41, 5.74) is 1.89. The van der Waals surface area contributed by atoms with Gasteiger partial charge in [-0.25, -0.2) is 4.39 Å². The Morgan fingerprint density at radius 1 is 1.03 bits per heavy atom. The van der Waals surface area contributed by atoms with Crippen LogP contribution in [-0.2, 0) is 11.4 Å². The van der Waals surface area contributed by atoms with Crippen LogP contribution in [0, 0.1) is 17.1 Å². The predicted octanol–water partition coefficient (Wildman–Crippen LogP) is 5.36. The number of benzene rings is 3. The van der Waals surface area contributed by atoms with Gasteiger partial charge in [0, 0.05) is 5.69 Å². The van der Waals surface area contributed by atoms with E-state index in [1.807, 2.05) is 13.0 Å². The molecule has 3 aromatic carbocycles. The van der Waals surface area contributed by atoms with Gasteiger partial charge in [-0.05, 0) is 72.7 Å². The summed E-state index contributed by atoms with van der Waals surface area (Å²) in [7, 11) is 1.50. The van der Waals surface area contributed by atoms with E-state index in [1.54, 1.807) is 54.6 Å². The van der Waals surface area contributed by atoms with Crippen molar-refractivity contribution in [2.45, 2.75) is 13.5 Å². The van der Waals surface area contributed by atoms with Crippen LogP contribution in [-0.4, -0.2) is 19.6 Å². The van der Waals surface area contributed by atoms with Crippen LogP contribution < -0.4 is 19.5 Å². The molecule has 3 rings (SSSR count). The molecule has 6 nitrogen and oxygen atoms in total. The molecule has 0 bridgehead atoms. The monoisotopic (exact) mass is 446 g/mol. The van der Waals surface area contributed by atoms with Gasteiger partial charge in [0.15, 0.2) is 11.5 Å². The smallest absolute Gasteiger partial charge is 0.266 e. The summed E-state index contributed by atoms with van der Waals surface area (Å²) >= 11 is 0. The minimum absolute atomic E-state index is 0.0640. The molecule has 1 amide bonds. The predicted molar refractivity (Wildman–Crippen MR) is 124 cm³/mol. The molecular formula is C26H23FN2O4. The molecule has 1 N–H and O–H groups in total. The van der Waals surface area contributed by atoms with Crippen LogP contribution in [0.15, 0.2) is 72.3 Å². The Morgan fingerprint density at radius 2 is 1.76 bits per heavy atom. The highest BCUT2D eigenvalue weighted by Gasteiger charge is 2.12. The van der Waals surface area contributed by atoms with Gasteiger partial charge >= 0.3 is 0 Å². The van der Waals surface area contributed by atoms with Crippen molar-refractivity contribution in [2.75, 3.05) is 19.0 Å². The lowest BCUT2D eigenvalue weighted by molar-refractivity contribution is -0.112. The summed E-state index contributed by atoms with van der Waals surface area (Å²) in [5.74, 6) is 0.774. The van der Waals surface area contributed by atoms with Gasteiger partial charge in [0.1, 0.15) is 29.8 Å². The zero-order chi connectivity index (χ0) is 23.6. The third-order valence-corrected chi connectivity index (χ3v) is 4.59. The lowest BCUT2D eigenvalue weighted by Gasteiger charge is -2.12. The number of rotatable bonds is 9. The first-order chi connectivity index (χ1) is 16.0. The summed E-state index contributed by atoms with van der Waals surface area (Å²) in [4.78, 5) is 12.5. The summed E-state index contributed by atoms with van der Waals surface area (Å²) < 4.78 is 29.6. The normalized spacial score (nSPS) is 10.8. The fraction of sp³-hybridized carbons (Fsp3) is 0.154. The van der Waals surface area contributed by atoms with Crippen LogP contribution in [0.4, 0.5) is 10.1 Å². The molecule has 0 unspecified atom stereocenters. The molecule has 0 saturated carbocycles. The van der Waals surface area contributed by atoms with E-state index in [9.17, 15) is 14.4 Å². The standard InChI is InChI=1S/C26H23FN2O4/c1-3-32-23-11-9-22(10-12-23)29-26(30)20(16-28)14-19-6-13-24(25(15-19)31-2)33-17-18-4-7-21(27)8-5-18/h4-15H,3,17H2,1-2H3,(H,29,30)/b20-14-. The second kappa shape index (κ2) is 11.3. The van der Waals surface area contributed by atoms with Crippen LogP contribution in [0.25, 0.3) is 6.08 Å². The molecule has 168 valence electrons. The number of halogens is 1. The molecule has 0 saturated heterocycles. The number of amides is 1. The number of ether oxygens (including phenoxy) is 3. The lowest BCUT2D eigenvalue weighted by Crippen LogP contribution is -2.13. The van der Waals surface area contributed by atoms with E-state index >= 15 is 0 Å². The fourth-order valence-corrected chi connectivity index (χ4v) is 2.95. The average molecular weight is 446 g/mol. The van der Waals surface area contributed by atoms with Crippen molar-refractivity contribution in [3.63, 3.8) is 0 Å². The number of hydrogen-bond acceptors (Lipinski definition) is 5. The van der Waals surface area contributed by atoms with Crippen LogP contribution in [0.3, 0.4) is 0 Å². The van der Waals surface area contributed by atoms with Crippen molar-refractivity contribution in [3.05, 3.63) is 89.2 Å². The van der Waals surface area contributed by atoms with Crippen molar-refractivity contribution >= 4 is 17.7 Å². The lowest BCUT2D eigenvalue weighted by atomic mass is 10.1. The highest BCUT2D eigenvalue weighted by atomic mass is 19.1. The number of hydrogen-bond donors (Lipinski definition) is 1. The molecule has 7 heteroatoms. The van der Waals surface area contributed by atoms with Crippen LogP contribution in [0.1, 0.15) is 18.1 Å². The van der Waals surface area contributed by atoms with E-state index < -0.39 is 5.91 Å². The third-order valence-electron chi connectivity index (χ3n) is 4.59. The maximum absolute atomic E-state index is 13.0. The Labute approximate surface area is 191 Å². The second-order valence-electron chi connectivity index (χ2n) is 6.91. The van der Waals surface area contributed by atoms with Gasteiger partial charge < -0.3 is 19.5 Å². The highest BCUT2D eigenvalue weighted by Crippen LogP contribution is 2.30. The van der Waals surface area contributed by atoms with E-state index in [0.29, 0.717) is 35.1 Å². The topological polar surface area (TPSA) is 80.6 Å². The maximum Gasteiger partial charge on any atom is 0.266 e. The Kier molecular flexibility index (Phi) is 8.03. The SMILES string of the molecule is CCOc1ccc(NC(=O)/C(C#N)=C\c2ccc(OCc3ccc(F)cc3)c(OC)c2)cc1. The van der Waals surface area contributed by atoms with Crippen molar-refractivity contribution in [1.29, 1.82) is 5.26 Å². The number of anilines is 1. The minimum Gasteiger partial charge on any atom is -0.494 e. The van der Waals surface area contributed by atoms with E-state index in [2.05, 4.69) is 5.32 Å². The molecule has 0 aliphatic heterocycles. The van der Waals surface area contributed by atoms with E-state index in [-0.39, 0.29) is 18.0 Å². The van der Waals surface area contributed by atoms with Crippen molar-refractivity contribution in [1.82, 2.24) is 0 Å². The van der Waals surface area contributed by atoms with Crippen LogP contribution in [0.5, 0.6) is 17.2 Å². The third kappa shape index (κ3) is 6.58. The van der Waals surface area contributed by atoms with E-state index in [1.165, 1.54) is 25.3 Å². The van der Waals surface area contributed by atoms with Gasteiger partial charge in [-0.1, -0.05) is 18.2 Å². The minimum atomic E-state index is -0.530. The number of carbonyl (C=O) groups excluding carboxylic acids is 1. The Morgan fingerprint density at radius 3 is 2.39 bits per heavy atom. The van der Waals surface area contributed by atoms with E-state index in [4.69, 9.17) is 14.2 Å². The van der Waals surface area contributed by atoms with Crippen LogP contribution in [0.2, 0.25) is 0 Å². The Balaban J connectivity index is 1.71. The molecule has 0 atom stereocenters. The van der Waals surface area contributed by atoms with E-state index in [0.717, 1.165) is 5.56 Å². The Hall–Kier alpha value is -4.31. The summed E-state index contributed by atoms with van der Waals surface area (Å²) in [6.45, 7) is 2.67. The number of nitrogens with zero attached hydrogens (tertiary/aromatic N) is 1. The van der Waals surface area contributed by atoms with Crippen molar-refractivity contribution in [3.8, 4) is 23.3 Å².